The Balaban J connectivity index is 3.03. The fraction of sp³-hybridized carbons (Fsp3) is 0.667. The molecule has 0 aromatic carbocycles. The Hall–Kier alpha value is -0.560. The highest BCUT2D eigenvalue weighted by molar-refractivity contribution is 4.87. The van der Waals surface area contributed by atoms with E-state index < -0.39 is 0 Å². The van der Waals surface area contributed by atoms with Gasteiger partial charge in [-0.1, -0.05) is 24.6 Å². The van der Waals surface area contributed by atoms with Gasteiger partial charge in [0, 0.05) is 0 Å². The van der Waals surface area contributed by atoms with Crippen LogP contribution < -0.4 is 0 Å². The van der Waals surface area contributed by atoms with Gasteiger partial charge in [0.25, 0.3) is 0 Å². The first-order valence-corrected chi connectivity index (χ1v) is 5.18. The molecule has 0 aliphatic heterocycles. The van der Waals surface area contributed by atoms with Crippen molar-refractivity contribution < 1.29 is 0 Å². The second kappa shape index (κ2) is 9.53. The maximum Gasteiger partial charge on any atom is -0.00248 e. The molecule has 1 nitrogen and oxygen atoms in total. The molecule has 0 aliphatic rings. The van der Waals surface area contributed by atoms with Crippen LogP contribution in [-0.4, -0.2) is 25.5 Å². The first kappa shape index (κ1) is 12.4. The van der Waals surface area contributed by atoms with Crippen LogP contribution in [0.3, 0.4) is 0 Å². The monoisotopic (exact) mass is 181 g/mol. The molecule has 0 aromatic heterocycles. The van der Waals surface area contributed by atoms with E-state index in [1.165, 1.54) is 32.2 Å². The van der Waals surface area contributed by atoms with Gasteiger partial charge in [0.1, 0.15) is 0 Å². The first-order chi connectivity index (χ1) is 6.27. The lowest BCUT2D eigenvalue weighted by molar-refractivity contribution is 0.392. The van der Waals surface area contributed by atoms with Crippen LogP contribution in [0, 0.1) is 0 Å². The van der Waals surface area contributed by atoms with Crippen LogP contribution in [0.5, 0.6) is 0 Å². The third kappa shape index (κ3) is 11.4. The predicted molar refractivity (Wildman–Crippen MR) is 61.0 cm³/mol. The van der Waals surface area contributed by atoms with Crippen molar-refractivity contribution in [2.24, 2.45) is 0 Å². The Morgan fingerprint density at radius 1 is 1.08 bits per heavy atom. The van der Waals surface area contributed by atoms with Crippen LogP contribution in [0.15, 0.2) is 24.8 Å². The maximum absolute atomic E-state index is 3.67. The summed E-state index contributed by atoms with van der Waals surface area (Å²) in [6.07, 6.45) is 12.6. The molecule has 0 saturated heterocycles. The zero-order valence-corrected chi connectivity index (χ0v) is 9.13. The Morgan fingerprint density at radius 2 is 1.85 bits per heavy atom. The van der Waals surface area contributed by atoms with Crippen molar-refractivity contribution in [1.29, 1.82) is 0 Å². The highest BCUT2D eigenvalue weighted by Gasteiger charge is 1.89. The van der Waals surface area contributed by atoms with Crippen molar-refractivity contribution in [3.05, 3.63) is 24.8 Å². The van der Waals surface area contributed by atoms with Gasteiger partial charge in [0.05, 0.1) is 0 Å². The summed E-state index contributed by atoms with van der Waals surface area (Å²) in [7, 11) is 4.26. The minimum Gasteiger partial charge on any atom is -0.309 e. The topological polar surface area (TPSA) is 3.24 Å². The fourth-order valence-corrected chi connectivity index (χ4v) is 1.18. The second-order valence-electron chi connectivity index (χ2n) is 3.65. The zero-order valence-electron chi connectivity index (χ0n) is 9.13. The predicted octanol–water partition coefficient (Wildman–Crippen LogP) is 3.24. The maximum atomic E-state index is 3.67. The van der Waals surface area contributed by atoms with E-state index in [1.54, 1.807) is 0 Å². The lowest BCUT2D eigenvalue weighted by Crippen LogP contribution is -2.12. The van der Waals surface area contributed by atoms with Crippen LogP contribution in [0.25, 0.3) is 0 Å². The van der Waals surface area contributed by atoms with Gasteiger partial charge in [-0.05, 0) is 46.3 Å². The third-order valence-electron chi connectivity index (χ3n) is 1.95. The summed E-state index contributed by atoms with van der Waals surface area (Å²) in [6, 6.07) is 0. The summed E-state index contributed by atoms with van der Waals surface area (Å²) < 4.78 is 0. The minimum absolute atomic E-state index is 1.01. The van der Waals surface area contributed by atoms with E-state index in [9.17, 15) is 0 Å². The molecule has 0 rings (SSSR count). The van der Waals surface area contributed by atoms with E-state index >= 15 is 0 Å². The summed E-state index contributed by atoms with van der Waals surface area (Å²) in [4.78, 5) is 2.24. The van der Waals surface area contributed by atoms with E-state index in [2.05, 4.69) is 37.7 Å². The molecule has 0 heterocycles. The van der Waals surface area contributed by atoms with E-state index in [4.69, 9.17) is 0 Å². The summed E-state index contributed by atoms with van der Waals surface area (Å²) in [6.45, 7) is 4.89. The minimum atomic E-state index is 1.01. The van der Waals surface area contributed by atoms with Gasteiger partial charge in [-0.15, -0.1) is 6.58 Å². The van der Waals surface area contributed by atoms with Gasteiger partial charge in [-0.25, -0.2) is 0 Å². The molecule has 0 aromatic rings. The van der Waals surface area contributed by atoms with Gasteiger partial charge >= 0.3 is 0 Å². The van der Waals surface area contributed by atoms with Gasteiger partial charge in [-0.2, -0.15) is 0 Å². The first-order valence-electron chi connectivity index (χ1n) is 5.18. The largest absolute Gasteiger partial charge is 0.309 e. The molecule has 0 aliphatic carbocycles. The molecular formula is C12H23N. The van der Waals surface area contributed by atoms with Crippen molar-refractivity contribution in [2.45, 2.75) is 32.1 Å². The lowest BCUT2D eigenvalue weighted by atomic mass is 10.2. The van der Waals surface area contributed by atoms with E-state index in [0.717, 1.165) is 6.42 Å². The Kier molecular flexibility index (Phi) is 9.12. The average Bonchev–Trinajstić information content (AvgIpc) is 2.09. The van der Waals surface area contributed by atoms with Crippen molar-refractivity contribution in [1.82, 2.24) is 4.90 Å². The lowest BCUT2D eigenvalue weighted by Gasteiger charge is -2.07. The fourth-order valence-electron chi connectivity index (χ4n) is 1.18. The number of unbranched alkanes of at least 4 members (excludes halogenated alkanes) is 3. The molecule has 0 amide bonds. The smallest absolute Gasteiger partial charge is 0.00248 e. The highest BCUT2D eigenvalue weighted by Crippen LogP contribution is 2.01. The molecule has 0 radical (unpaired) electrons. The van der Waals surface area contributed by atoms with Crippen LogP contribution in [0.2, 0.25) is 0 Å². The summed E-state index contributed by atoms with van der Waals surface area (Å²) >= 11 is 0. The molecule has 0 saturated carbocycles. The van der Waals surface area contributed by atoms with Crippen LogP contribution in [0.4, 0.5) is 0 Å². The highest BCUT2D eigenvalue weighted by atomic mass is 15.0. The van der Waals surface area contributed by atoms with Crippen molar-refractivity contribution in [3.63, 3.8) is 0 Å². The normalized spacial score (nSPS) is 11.3. The van der Waals surface area contributed by atoms with Gasteiger partial charge in [0.2, 0.25) is 0 Å². The van der Waals surface area contributed by atoms with Crippen molar-refractivity contribution >= 4 is 0 Å². The van der Waals surface area contributed by atoms with Crippen LogP contribution in [-0.2, 0) is 0 Å². The van der Waals surface area contributed by atoms with Gasteiger partial charge in [0.15, 0.2) is 0 Å². The van der Waals surface area contributed by atoms with E-state index in [1.807, 2.05) is 6.08 Å². The molecule has 0 N–H and O–H groups in total. The summed E-state index contributed by atoms with van der Waals surface area (Å²) in [5.74, 6) is 0. The van der Waals surface area contributed by atoms with Crippen molar-refractivity contribution in [3.8, 4) is 0 Å². The van der Waals surface area contributed by atoms with Gasteiger partial charge in [-0.3, -0.25) is 0 Å². The molecule has 0 unspecified atom stereocenters. The van der Waals surface area contributed by atoms with Crippen LogP contribution >= 0.6 is 0 Å². The second-order valence-corrected chi connectivity index (χ2v) is 3.65. The summed E-state index contributed by atoms with van der Waals surface area (Å²) in [5, 5.41) is 0. The standard InChI is InChI=1S/C12H23N/c1-4-5-6-7-8-9-10-11-12-13(2)3/h4,6-7H,1,5,8-12H2,2-3H3/b7-6-. The van der Waals surface area contributed by atoms with Crippen molar-refractivity contribution in [2.75, 3.05) is 20.6 Å². The molecule has 0 spiro atoms. The Bertz CT molecular complexity index is 136. The molecule has 13 heavy (non-hydrogen) atoms. The number of allylic oxidation sites excluding steroid dienone is 3. The summed E-state index contributed by atoms with van der Waals surface area (Å²) in [5.41, 5.74) is 0. The molecular weight excluding hydrogens is 158 g/mol. The number of hydrogen-bond acceptors (Lipinski definition) is 1. The van der Waals surface area contributed by atoms with E-state index in [-0.39, 0.29) is 0 Å². The van der Waals surface area contributed by atoms with Crippen LogP contribution in [0.1, 0.15) is 32.1 Å². The van der Waals surface area contributed by atoms with E-state index in [0.29, 0.717) is 0 Å². The zero-order chi connectivity index (χ0) is 9.94. The quantitative estimate of drug-likeness (QED) is 0.410. The average molecular weight is 181 g/mol. The molecule has 0 bridgehead atoms. The molecule has 0 fully saturated rings. The number of hydrogen-bond donors (Lipinski definition) is 0. The molecule has 1 heteroatoms. The van der Waals surface area contributed by atoms with Gasteiger partial charge < -0.3 is 4.90 Å². The molecule has 0 atom stereocenters. The Labute approximate surface area is 83.1 Å². The number of rotatable bonds is 8. The third-order valence-corrected chi connectivity index (χ3v) is 1.95. The number of nitrogens with zero attached hydrogens (tertiary/aromatic N) is 1. The molecule has 76 valence electrons. The Morgan fingerprint density at radius 3 is 2.46 bits per heavy atom. The SMILES string of the molecule is C=CC/C=C\CCCCCN(C)C.